The Bertz CT molecular complexity index is 419. The highest BCUT2D eigenvalue weighted by Gasteiger charge is 2.09. The number of hydrogen-bond acceptors (Lipinski definition) is 4. The number of benzene rings is 1. The first-order valence-electron chi connectivity index (χ1n) is 7.12. The van der Waals surface area contributed by atoms with Gasteiger partial charge in [-0.15, -0.1) is 0 Å². The van der Waals surface area contributed by atoms with Gasteiger partial charge in [0.05, 0.1) is 19.3 Å². The van der Waals surface area contributed by atoms with E-state index in [9.17, 15) is 4.79 Å². The van der Waals surface area contributed by atoms with Crippen molar-refractivity contribution in [3.63, 3.8) is 0 Å². The van der Waals surface area contributed by atoms with Gasteiger partial charge < -0.3 is 16.2 Å². The molecule has 4 N–H and O–H groups in total. The van der Waals surface area contributed by atoms with Gasteiger partial charge >= 0.3 is 0 Å². The number of carbonyl (C=O) groups excluding carboxylic acids is 1. The number of carbonyl (C=O) groups is 1. The van der Waals surface area contributed by atoms with Crippen LogP contribution in [0.4, 0.5) is 0 Å². The van der Waals surface area contributed by atoms with Crippen LogP contribution in [0.3, 0.4) is 0 Å². The number of morpholine rings is 1. The van der Waals surface area contributed by atoms with Crippen LogP contribution in [-0.2, 0) is 16.0 Å². The predicted octanol–water partition coefficient (Wildman–Crippen LogP) is 1.03. The van der Waals surface area contributed by atoms with Gasteiger partial charge in [-0.3, -0.25) is 9.69 Å². The summed E-state index contributed by atoms with van der Waals surface area (Å²) in [6.07, 6.45) is 0.451. The van der Waals surface area contributed by atoms with Crippen molar-refractivity contribution in [3.05, 3.63) is 34.9 Å². The number of rotatable bonds is 4. The van der Waals surface area contributed by atoms with Gasteiger partial charge in [0.15, 0.2) is 0 Å². The Kier molecular flexibility index (Phi) is 8.30. The minimum absolute atomic E-state index is 0.451. The van der Waals surface area contributed by atoms with Crippen LogP contribution in [0.15, 0.2) is 24.3 Å². The summed E-state index contributed by atoms with van der Waals surface area (Å²) in [4.78, 5) is 13.0. The van der Waals surface area contributed by atoms with E-state index in [1.807, 2.05) is 12.1 Å². The van der Waals surface area contributed by atoms with E-state index in [1.54, 1.807) is 12.1 Å². The van der Waals surface area contributed by atoms with E-state index in [1.165, 1.54) is 6.54 Å². The zero-order valence-corrected chi connectivity index (χ0v) is 13.2. The van der Waals surface area contributed by atoms with Gasteiger partial charge in [-0.05, 0) is 30.7 Å². The van der Waals surface area contributed by atoms with Crippen molar-refractivity contribution in [3.8, 4) is 0 Å². The van der Waals surface area contributed by atoms with E-state index in [-0.39, 0.29) is 0 Å². The van der Waals surface area contributed by atoms with E-state index in [0.29, 0.717) is 11.4 Å². The van der Waals surface area contributed by atoms with Gasteiger partial charge in [0, 0.05) is 18.1 Å². The first-order chi connectivity index (χ1) is 10.0. The van der Waals surface area contributed by atoms with E-state index < -0.39 is 11.9 Å². The van der Waals surface area contributed by atoms with Crippen LogP contribution in [0.1, 0.15) is 12.5 Å². The molecule has 1 heterocycles. The molecule has 0 unspecified atom stereocenters. The molecule has 2 rings (SSSR count). The van der Waals surface area contributed by atoms with Crippen molar-refractivity contribution in [2.24, 2.45) is 11.5 Å². The standard InChI is InChI=1S/C9H11ClN2O.C6H13NO/c10-7-3-1-6(2-4-7)5-8(11)9(12)13;1-2-7-3-5-8-6-4-7/h1-4,8H,5,11H2,(H2,12,13);2-6H2,1H3/t8-;/m0./s1. The molecule has 1 aromatic rings. The Morgan fingerprint density at radius 3 is 2.33 bits per heavy atom. The lowest BCUT2D eigenvalue weighted by molar-refractivity contribution is -0.119. The van der Waals surface area contributed by atoms with Gasteiger partial charge in [0.1, 0.15) is 0 Å². The zero-order valence-electron chi connectivity index (χ0n) is 12.4. The molecule has 1 fully saturated rings. The Labute approximate surface area is 131 Å². The van der Waals surface area contributed by atoms with Crippen LogP contribution in [0, 0.1) is 0 Å². The molecule has 0 aliphatic carbocycles. The molecule has 21 heavy (non-hydrogen) atoms. The maximum atomic E-state index is 10.6. The van der Waals surface area contributed by atoms with Crippen LogP contribution < -0.4 is 11.5 Å². The summed E-state index contributed by atoms with van der Waals surface area (Å²) in [6, 6.07) is 6.53. The van der Waals surface area contributed by atoms with Crippen LogP contribution in [-0.4, -0.2) is 49.7 Å². The normalized spacial score (nSPS) is 16.7. The van der Waals surface area contributed by atoms with E-state index in [0.717, 1.165) is 31.9 Å². The second kappa shape index (κ2) is 9.73. The van der Waals surface area contributed by atoms with Crippen molar-refractivity contribution in [2.75, 3.05) is 32.8 Å². The highest BCUT2D eigenvalue weighted by atomic mass is 35.5. The van der Waals surface area contributed by atoms with Crippen LogP contribution in [0.25, 0.3) is 0 Å². The first-order valence-corrected chi connectivity index (χ1v) is 7.50. The largest absolute Gasteiger partial charge is 0.379 e. The Balaban J connectivity index is 0.000000235. The summed E-state index contributed by atoms with van der Waals surface area (Å²) >= 11 is 5.69. The molecule has 1 aliphatic heterocycles. The second-order valence-electron chi connectivity index (χ2n) is 4.89. The number of amides is 1. The molecule has 0 spiro atoms. The number of hydrogen-bond donors (Lipinski definition) is 2. The van der Waals surface area contributed by atoms with Crippen LogP contribution >= 0.6 is 11.6 Å². The van der Waals surface area contributed by atoms with Gasteiger partial charge in [-0.2, -0.15) is 0 Å². The summed E-state index contributed by atoms with van der Waals surface area (Å²) in [5, 5.41) is 0.663. The lowest BCUT2D eigenvalue weighted by Crippen LogP contribution is -2.38. The number of nitrogens with zero attached hydrogens (tertiary/aromatic N) is 1. The lowest BCUT2D eigenvalue weighted by atomic mass is 10.1. The molecular weight excluding hydrogens is 290 g/mol. The van der Waals surface area contributed by atoms with E-state index in [2.05, 4.69) is 11.8 Å². The SMILES string of the molecule is CCN1CCOCC1.NC(=O)[C@@H](N)Cc1ccc(Cl)cc1. The molecular formula is C15H24ClN3O2. The highest BCUT2D eigenvalue weighted by molar-refractivity contribution is 6.30. The maximum absolute atomic E-state index is 10.6. The van der Waals surface area contributed by atoms with Crippen molar-refractivity contribution in [2.45, 2.75) is 19.4 Å². The van der Waals surface area contributed by atoms with Gasteiger partial charge in [0.2, 0.25) is 5.91 Å². The van der Waals surface area contributed by atoms with Crippen LogP contribution in [0.5, 0.6) is 0 Å². The third-order valence-electron chi connectivity index (χ3n) is 3.29. The summed E-state index contributed by atoms with van der Waals surface area (Å²) in [7, 11) is 0. The Morgan fingerprint density at radius 2 is 1.90 bits per heavy atom. The fourth-order valence-corrected chi connectivity index (χ4v) is 2.02. The molecule has 1 aliphatic rings. The summed E-state index contributed by atoms with van der Waals surface area (Å²) < 4.78 is 5.16. The minimum Gasteiger partial charge on any atom is -0.379 e. The average Bonchev–Trinajstić information content (AvgIpc) is 2.51. The van der Waals surface area contributed by atoms with Crippen molar-refractivity contribution < 1.29 is 9.53 Å². The molecule has 5 nitrogen and oxygen atoms in total. The number of primary amides is 1. The van der Waals surface area contributed by atoms with Crippen molar-refractivity contribution in [1.82, 2.24) is 4.90 Å². The van der Waals surface area contributed by atoms with Gasteiger partial charge in [0.25, 0.3) is 0 Å². The molecule has 0 bridgehead atoms. The number of nitrogens with two attached hydrogens (primary N) is 2. The maximum Gasteiger partial charge on any atom is 0.234 e. The van der Waals surface area contributed by atoms with Crippen LogP contribution in [0.2, 0.25) is 5.02 Å². The van der Waals surface area contributed by atoms with Gasteiger partial charge in [-0.25, -0.2) is 0 Å². The summed E-state index contributed by atoms with van der Waals surface area (Å²) in [5.41, 5.74) is 11.5. The van der Waals surface area contributed by atoms with Crippen molar-refractivity contribution >= 4 is 17.5 Å². The third-order valence-corrected chi connectivity index (χ3v) is 3.54. The fraction of sp³-hybridized carbons (Fsp3) is 0.533. The second-order valence-corrected chi connectivity index (χ2v) is 5.32. The highest BCUT2D eigenvalue weighted by Crippen LogP contribution is 2.10. The zero-order chi connectivity index (χ0) is 15.7. The molecule has 1 atom stereocenters. The Morgan fingerprint density at radius 1 is 1.33 bits per heavy atom. The fourth-order valence-electron chi connectivity index (χ4n) is 1.89. The van der Waals surface area contributed by atoms with Gasteiger partial charge in [-0.1, -0.05) is 30.7 Å². The summed E-state index contributed by atoms with van der Waals surface area (Å²) in [5.74, 6) is -0.491. The molecule has 0 saturated carbocycles. The molecule has 0 radical (unpaired) electrons. The van der Waals surface area contributed by atoms with Crippen molar-refractivity contribution in [1.29, 1.82) is 0 Å². The third kappa shape index (κ3) is 7.43. The lowest BCUT2D eigenvalue weighted by Gasteiger charge is -2.24. The number of ether oxygens (including phenoxy) is 1. The minimum atomic E-state index is -0.624. The quantitative estimate of drug-likeness (QED) is 0.870. The molecule has 6 heteroatoms. The first kappa shape index (κ1) is 17.9. The topological polar surface area (TPSA) is 81.6 Å². The summed E-state index contributed by atoms with van der Waals surface area (Å²) in [6.45, 7) is 7.45. The molecule has 0 aromatic heterocycles. The predicted molar refractivity (Wildman–Crippen MR) is 85.3 cm³/mol. The monoisotopic (exact) mass is 313 g/mol. The Hall–Kier alpha value is -1.14. The average molecular weight is 314 g/mol. The number of likely N-dealkylation sites (N-methyl/N-ethyl adjacent to an activating group) is 1. The smallest absolute Gasteiger partial charge is 0.234 e. The van der Waals surface area contributed by atoms with E-state index in [4.69, 9.17) is 27.8 Å². The number of halogens is 1. The van der Waals surface area contributed by atoms with E-state index >= 15 is 0 Å². The molecule has 1 aromatic carbocycles. The molecule has 1 amide bonds. The molecule has 1 saturated heterocycles. The molecule has 118 valence electrons.